The number of benzene rings is 5. The lowest BCUT2D eigenvalue weighted by molar-refractivity contribution is 0.332. The van der Waals surface area contributed by atoms with E-state index in [0.717, 1.165) is 16.9 Å². The van der Waals surface area contributed by atoms with Crippen molar-refractivity contribution in [3.05, 3.63) is 124 Å². The number of nitrogens with zero attached hydrogens (tertiary/aromatic N) is 2. The molecule has 5 aromatic carbocycles. The molecule has 280 valence electrons. The Bertz CT molecular complexity index is 2550. The van der Waals surface area contributed by atoms with Crippen molar-refractivity contribution < 1.29 is 4.42 Å². The lowest BCUT2D eigenvalue weighted by Crippen LogP contribution is -2.61. The van der Waals surface area contributed by atoms with Crippen molar-refractivity contribution in [2.45, 2.75) is 125 Å². The summed E-state index contributed by atoms with van der Waals surface area (Å²) in [7, 11) is 0. The molecule has 3 heterocycles. The molecule has 1 aromatic heterocycles. The van der Waals surface area contributed by atoms with E-state index < -0.39 is 0 Å². The van der Waals surface area contributed by atoms with Gasteiger partial charge >= 0.3 is 0 Å². The summed E-state index contributed by atoms with van der Waals surface area (Å²) in [6, 6.07) is 33.2. The lowest BCUT2D eigenvalue weighted by atomic mass is 9.35. The first-order valence-electron chi connectivity index (χ1n) is 20.4. The summed E-state index contributed by atoms with van der Waals surface area (Å²) in [4.78, 5) is 5.08. The Morgan fingerprint density at radius 1 is 0.582 bits per heavy atom. The molecule has 0 bridgehead atoms. The summed E-state index contributed by atoms with van der Waals surface area (Å²) in [6.07, 6.45) is 2.33. The molecule has 3 nitrogen and oxygen atoms in total. The van der Waals surface area contributed by atoms with Crippen LogP contribution in [0.5, 0.6) is 0 Å². The van der Waals surface area contributed by atoms with E-state index in [-0.39, 0.29) is 28.4 Å². The van der Waals surface area contributed by atoms with Crippen LogP contribution < -0.4 is 26.4 Å². The highest BCUT2D eigenvalue weighted by atomic mass is 16.3. The highest BCUT2D eigenvalue weighted by molar-refractivity contribution is 7.00. The van der Waals surface area contributed by atoms with Crippen molar-refractivity contribution >= 4 is 68.4 Å². The van der Waals surface area contributed by atoms with Gasteiger partial charge in [-0.05, 0) is 148 Å². The van der Waals surface area contributed by atoms with Crippen molar-refractivity contribution in [3.63, 3.8) is 0 Å². The third kappa shape index (κ3) is 5.45. The summed E-state index contributed by atoms with van der Waals surface area (Å²) >= 11 is 0. The highest BCUT2D eigenvalue weighted by Crippen LogP contribution is 2.52. The van der Waals surface area contributed by atoms with Crippen LogP contribution in [-0.4, -0.2) is 6.71 Å². The zero-order chi connectivity index (χ0) is 39.1. The van der Waals surface area contributed by atoms with E-state index in [1.807, 2.05) is 0 Å². The first-order chi connectivity index (χ1) is 25.7. The monoisotopic (exact) mass is 724 g/mol. The van der Waals surface area contributed by atoms with Gasteiger partial charge in [0.15, 0.2) is 0 Å². The van der Waals surface area contributed by atoms with Gasteiger partial charge < -0.3 is 14.2 Å². The third-order valence-corrected chi connectivity index (χ3v) is 13.2. The molecule has 1 aliphatic carbocycles. The smallest absolute Gasteiger partial charge is 0.297 e. The second-order valence-electron chi connectivity index (χ2n) is 20.4. The Balaban J connectivity index is 1.42. The predicted molar refractivity (Wildman–Crippen MR) is 237 cm³/mol. The van der Waals surface area contributed by atoms with Gasteiger partial charge in [0.05, 0.1) is 11.3 Å². The molecule has 9 rings (SSSR count). The fourth-order valence-corrected chi connectivity index (χ4v) is 9.84. The quantitative estimate of drug-likeness (QED) is 0.166. The number of fused-ring (bicyclic) bond motifs is 7. The van der Waals surface area contributed by atoms with E-state index in [1.165, 1.54) is 96.5 Å². The van der Waals surface area contributed by atoms with Crippen LogP contribution in [0.3, 0.4) is 0 Å². The fourth-order valence-electron chi connectivity index (χ4n) is 9.84. The fraction of sp³-hybridized carbons (Fsp3) is 0.373. The summed E-state index contributed by atoms with van der Waals surface area (Å²) < 4.78 is 7.43. The Morgan fingerprint density at radius 2 is 1.16 bits per heavy atom. The second kappa shape index (κ2) is 11.7. The van der Waals surface area contributed by atoms with Gasteiger partial charge in [0, 0.05) is 33.8 Å². The van der Waals surface area contributed by atoms with Crippen LogP contribution in [0.4, 0.5) is 34.1 Å². The van der Waals surface area contributed by atoms with Crippen molar-refractivity contribution in [1.82, 2.24) is 0 Å². The van der Waals surface area contributed by atoms with Crippen LogP contribution in [0.15, 0.2) is 89.3 Å². The summed E-state index contributed by atoms with van der Waals surface area (Å²) in [5, 5.41) is 1.21. The second-order valence-corrected chi connectivity index (χ2v) is 20.4. The molecule has 6 aromatic rings. The molecule has 0 saturated heterocycles. The number of hydrogen-bond acceptors (Lipinski definition) is 3. The SMILES string of the molecule is Cc1ccc(N2c3ccc(C(C)(C)C)cc3B3c4oc5cc6c(cc5c4N(c4ccc(C(C)(C)C)cc4)c4cc(C)cc2c43)C(C)(C)CCC6(C)C)c(C)c1. The largest absolute Gasteiger partial charge is 0.468 e. The van der Waals surface area contributed by atoms with E-state index in [0.29, 0.717) is 0 Å². The van der Waals surface area contributed by atoms with Crippen LogP contribution in [0.25, 0.3) is 11.0 Å². The van der Waals surface area contributed by atoms with E-state index in [1.54, 1.807) is 0 Å². The maximum absolute atomic E-state index is 7.43. The number of furan rings is 1. The topological polar surface area (TPSA) is 19.6 Å². The van der Waals surface area contributed by atoms with Crippen LogP contribution >= 0.6 is 0 Å². The third-order valence-electron chi connectivity index (χ3n) is 13.2. The van der Waals surface area contributed by atoms with Crippen molar-refractivity contribution in [1.29, 1.82) is 0 Å². The first kappa shape index (κ1) is 36.0. The normalized spacial score (nSPS) is 16.9. The molecule has 4 heteroatoms. The van der Waals surface area contributed by atoms with E-state index in [4.69, 9.17) is 4.42 Å². The van der Waals surface area contributed by atoms with Crippen molar-refractivity contribution in [2.75, 3.05) is 9.80 Å². The van der Waals surface area contributed by atoms with E-state index in [9.17, 15) is 0 Å². The zero-order valence-corrected chi connectivity index (χ0v) is 35.4. The van der Waals surface area contributed by atoms with Crippen LogP contribution in [0, 0.1) is 20.8 Å². The van der Waals surface area contributed by atoms with Gasteiger partial charge in [0.2, 0.25) is 0 Å². The molecule has 0 radical (unpaired) electrons. The zero-order valence-electron chi connectivity index (χ0n) is 35.4. The van der Waals surface area contributed by atoms with Gasteiger partial charge in [0.1, 0.15) is 5.58 Å². The van der Waals surface area contributed by atoms with Gasteiger partial charge in [-0.25, -0.2) is 0 Å². The van der Waals surface area contributed by atoms with Crippen molar-refractivity contribution in [3.8, 4) is 0 Å². The minimum absolute atomic E-state index is 0.0154. The van der Waals surface area contributed by atoms with E-state index in [2.05, 4.69) is 185 Å². The molecule has 55 heavy (non-hydrogen) atoms. The maximum Gasteiger partial charge on any atom is 0.297 e. The van der Waals surface area contributed by atoms with Crippen LogP contribution in [-0.2, 0) is 21.7 Å². The minimum Gasteiger partial charge on any atom is -0.468 e. The van der Waals surface area contributed by atoms with E-state index >= 15 is 0 Å². The standard InChI is InChI=1S/C51H57BN2O/c1-30-14-20-40(32(3)24-30)54-41-21-17-34(49(7,8)9)27-39(41)52-45-42(25-31(2)26-43(45)54)53(35-18-15-33(16-19-35)48(4,5)6)46-36-28-37-38(29-44(36)55-47(46)52)51(12,13)23-22-50(37,10)11/h14-21,24-29H,22-23H2,1-13H3. The number of aryl methyl sites for hydroxylation is 3. The molecule has 0 unspecified atom stereocenters. The molecule has 0 spiro atoms. The van der Waals surface area contributed by atoms with Gasteiger partial charge in [0.25, 0.3) is 6.71 Å². The Morgan fingerprint density at radius 3 is 1.78 bits per heavy atom. The van der Waals surface area contributed by atoms with Crippen LogP contribution in [0.1, 0.15) is 121 Å². The summed E-state index contributed by atoms with van der Waals surface area (Å²) in [5.74, 6) is 0. The Kier molecular flexibility index (Phi) is 7.63. The molecule has 0 N–H and O–H groups in total. The average molecular weight is 725 g/mol. The van der Waals surface area contributed by atoms with Gasteiger partial charge in [-0.3, -0.25) is 0 Å². The maximum atomic E-state index is 7.43. The molecule has 0 amide bonds. The predicted octanol–water partition coefficient (Wildman–Crippen LogP) is 12.4. The molecule has 0 atom stereocenters. The Labute approximate surface area is 329 Å². The lowest BCUT2D eigenvalue weighted by Gasteiger charge is -2.43. The van der Waals surface area contributed by atoms with Gasteiger partial charge in [-0.1, -0.05) is 111 Å². The van der Waals surface area contributed by atoms with Crippen molar-refractivity contribution in [2.24, 2.45) is 0 Å². The number of rotatable bonds is 2. The minimum atomic E-state index is -0.0737. The molecule has 3 aliphatic rings. The first-order valence-corrected chi connectivity index (χ1v) is 20.4. The van der Waals surface area contributed by atoms with Gasteiger partial charge in [-0.2, -0.15) is 0 Å². The highest BCUT2D eigenvalue weighted by Gasteiger charge is 2.48. The summed E-state index contributed by atoms with van der Waals surface area (Å²) in [6.45, 7) is 30.2. The molecule has 0 saturated carbocycles. The average Bonchev–Trinajstić information content (AvgIpc) is 3.47. The van der Waals surface area contributed by atoms with Gasteiger partial charge in [-0.15, -0.1) is 0 Å². The molecule has 2 aliphatic heterocycles. The van der Waals surface area contributed by atoms with Crippen LogP contribution in [0.2, 0.25) is 0 Å². The molecule has 0 fully saturated rings. The molecular weight excluding hydrogens is 667 g/mol. The summed E-state index contributed by atoms with van der Waals surface area (Å²) in [5.41, 5.74) is 21.4. The Hall–Kier alpha value is -4.70. The number of hydrogen-bond donors (Lipinski definition) is 0. The number of anilines is 6. The molecular formula is C51H57BN2O.